The largest absolute Gasteiger partial charge is 0.383 e. The molecule has 0 unspecified atom stereocenters. The minimum absolute atomic E-state index is 0.0609. The number of carbonyl (C=O) groups excluding carboxylic acids is 3. The van der Waals surface area contributed by atoms with Gasteiger partial charge in [-0.2, -0.15) is 15.8 Å². The van der Waals surface area contributed by atoms with Crippen LogP contribution in [0.2, 0.25) is 5.02 Å². The quantitative estimate of drug-likeness (QED) is 0.162. The highest BCUT2D eigenvalue weighted by atomic mass is 35.5. The van der Waals surface area contributed by atoms with E-state index in [1.165, 1.54) is 37.1 Å². The summed E-state index contributed by atoms with van der Waals surface area (Å²) in [4.78, 5) is 58.0. The van der Waals surface area contributed by atoms with Crippen LogP contribution in [0.1, 0.15) is 87.1 Å². The Hall–Kier alpha value is -6.56. The van der Waals surface area contributed by atoms with Crippen LogP contribution in [0.3, 0.4) is 0 Å². The van der Waals surface area contributed by atoms with Crippen molar-refractivity contribution in [2.45, 2.75) is 38.5 Å². The number of allylic oxidation sites excluding steroid dienone is 3. The molecule has 0 bridgehead atoms. The SMILES string of the molecule is CN(C)/C=C/C(=O)c1ccc(Cl)c(C#N)n1.CN(C)/C=C/C(=O)c1ccc(N2CCCC2)c(C#N)n1.N#Cc1nc(C(=O)/C=C/N2CCCC2)ccc1N1CCCC1. The third kappa shape index (κ3) is 13.0. The highest BCUT2D eigenvalue weighted by Crippen LogP contribution is 2.25. The van der Waals surface area contributed by atoms with Gasteiger partial charge >= 0.3 is 0 Å². The molecule has 300 valence electrons. The predicted molar refractivity (Wildman–Crippen MR) is 223 cm³/mol. The molecular formula is C43H48ClN11O3. The first-order valence-corrected chi connectivity index (χ1v) is 19.4. The average molecular weight is 802 g/mol. The zero-order valence-electron chi connectivity index (χ0n) is 33.4. The fourth-order valence-corrected chi connectivity index (χ4v) is 6.33. The van der Waals surface area contributed by atoms with Crippen molar-refractivity contribution in [3.8, 4) is 18.2 Å². The second-order valence-electron chi connectivity index (χ2n) is 14.1. The molecule has 6 rings (SSSR count). The van der Waals surface area contributed by atoms with Crippen LogP contribution >= 0.6 is 11.6 Å². The normalized spacial score (nSPS) is 14.7. The van der Waals surface area contributed by atoms with Crippen LogP contribution in [0.25, 0.3) is 0 Å². The molecular weight excluding hydrogens is 754 g/mol. The van der Waals surface area contributed by atoms with Crippen molar-refractivity contribution in [2.24, 2.45) is 0 Å². The fourth-order valence-electron chi connectivity index (χ4n) is 6.18. The van der Waals surface area contributed by atoms with E-state index in [0.29, 0.717) is 22.8 Å². The maximum Gasteiger partial charge on any atom is 0.205 e. The standard InChI is InChI=1S/C17H20N4O.C15H18N4O.C11H10ClN3O/c18-13-15-16(21-10-3-4-11-21)6-5-14(19-15)17(22)7-12-20-8-1-2-9-20;1-18(2)10-7-15(20)12-5-6-14(13(11-16)17-12)19-8-3-4-9-19;1-15(2)6-5-11(16)9-4-3-8(12)10(7-13)14-9/h5-7,12H,1-4,8-11H2;5-7,10H,3-4,8-9H2,1-2H3;3-6H,1-2H3/b12-7+;10-7+;6-5+. The number of nitrogens with zero attached hydrogens (tertiary/aromatic N) is 11. The van der Waals surface area contributed by atoms with Crippen LogP contribution in [-0.4, -0.2) is 114 Å². The molecule has 0 N–H and O–H groups in total. The molecule has 0 amide bonds. The van der Waals surface area contributed by atoms with Gasteiger partial charge in [0.05, 0.1) is 16.4 Å². The van der Waals surface area contributed by atoms with E-state index in [4.69, 9.17) is 16.9 Å². The Morgan fingerprint density at radius 2 is 0.931 bits per heavy atom. The van der Waals surface area contributed by atoms with Gasteiger partial charge in [0, 0.05) is 104 Å². The summed E-state index contributed by atoms with van der Waals surface area (Å²) in [7, 11) is 7.29. The molecule has 3 fully saturated rings. The highest BCUT2D eigenvalue weighted by molar-refractivity contribution is 6.31. The van der Waals surface area contributed by atoms with Gasteiger partial charge in [0.25, 0.3) is 0 Å². The number of likely N-dealkylation sites (tertiary alicyclic amines) is 1. The summed E-state index contributed by atoms with van der Waals surface area (Å²) in [5.41, 5.74) is 3.28. The minimum Gasteiger partial charge on any atom is -0.383 e. The minimum atomic E-state index is -0.262. The molecule has 0 aliphatic carbocycles. The van der Waals surface area contributed by atoms with Crippen LogP contribution in [0, 0.1) is 34.0 Å². The van der Waals surface area contributed by atoms with Crippen molar-refractivity contribution in [3.63, 3.8) is 0 Å². The Labute approximate surface area is 345 Å². The summed E-state index contributed by atoms with van der Waals surface area (Å²) in [6.07, 6.45) is 16.5. The van der Waals surface area contributed by atoms with Crippen LogP contribution in [-0.2, 0) is 0 Å². The lowest BCUT2D eigenvalue weighted by Crippen LogP contribution is -2.20. The molecule has 0 aromatic carbocycles. The first-order valence-electron chi connectivity index (χ1n) is 19.1. The molecule has 58 heavy (non-hydrogen) atoms. The monoisotopic (exact) mass is 801 g/mol. The number of ketones is 3. The third-order valence-electron chi connectivity index (χ3n) is 9.19. The third-order valence-corrected chi connectivity index (χ3v) is 9.49. The number of halogens is 1. The molecule has 14 nitrogen and oxygen atoms in total. The lowest BCUT2D eigenvalue weighted by atomic mass is 10.2. The topological polar surface area (TPSA) is 177 Å². The molecule has 0 radical (unpaired) electrons. The van der Waals surface area contributed by atoms with E-state index in [-0.39, 0.29) is 33.8 Å². The highest BCUT2D eigenvalue weighted by Gasteiger charge is 2.20. The molecule has 3 aliphatic heterocycles. The van der Waals surface area contributed by atoms with Gasteiger partial charge in [-0.15, -0.1) is 0 Å². The van der Waals surface area contributed by atoms with Gasteiger partial charge in [-0.25, -0.2) is 15.0 Å². The Balaban J connectivity index is 0.000000195. The summed E-state index contributed by atoms with van der Waals surface area (Å²) in [5, 5.41) is 27.5. The predicted octanol–water partition coefficient (Wildman–Crippen LogP) is 6.02. The average Bonchev–Trinajstić information content (AvgIpc) is 4.07. The number of anilines is 2. The van der Waals surface area contributed by atoms with Gasteiger partial charge < -0.3 is 24.5 Å². The number of rotatable bonds is 11. The van der Waals surface area contributed by atoms with Gasteiger partial charge in [0.1, 0.15) is 35.3 Å². The maximum absolute atomic E-state index is 12.2. The molecule has 3 aliphatic rings. The van der Waals surface area contributed by atoms with Gasteiger partial charge in [-0.1, -0.05) is 11.6 Å². The molecule has 15 heteroatoms. The number of nitriles is 3. The van der Waals surface area contributed by atoms with E-state index in [9.17, 15) is 24.9 Å². The van der Waals surface area contributed by atoms with Gasteiger partial charge in [0.15, 0.2) is 17.1 Å². The smallest absolute Gasteiger partial charge is 0.205 e. The van der Waals surface area contributed by atoms with Crippen LogP contribution in [0.15, 0.2) is 73.2 Å². The van der Waals surface area contributed by atoms with Crippen molar-refractivity contribution in [2.75, 3.05) is 77.3 Å². The second kappa shape index (κ2) is 22.2. The van der Waals surface area contributed by atoms with Crippen molar-refractivity contribution in [1.82, 2.24) is 29.7 Å². The Kier molecular flexibility index (Phi) is 16.9. The number of pyridine rings is 3. The second-order valence-corrected chi connectivity index (χ2v) is 14.5. The van der Waals surface area contributed by atoms with Crippen LogP contribution in [0.4, 0.5) is 11.4 Å². The van der Waals surface area contributed by atoms with E-state index in [0.717, 1.165) is 76.3 Å². The Morgan fingerprint density at radius 3 is 1.33 bits per heavy atom. The van der Waals surface area contributed by atoms with E-state index in [2.05, 4.69) is 41.8 Å². The van der Waals surface area contributed by atoms with E-state index >= 15 is 0 Å². The molecule has 3 aromatic rings. The van der Waals surface area contributed by atoms with Gasteiger partial charge in [-0.3, -0.25) is 14.4 Å². The summed E-state index contributed by atoms with van der Waals surface area (Å²) in [5.74, 6) is -0.596. The fraction of sp³-hybridized carbons (Fsp3) is 0.372. The molecule has 0 saturated carbocycles. The van der Waals surface area contributed by atoms with Crippen LogP contribution < -0.4 is 9.80 Å². The zero-order chi connectivity index (χ0) is 42.0. The zero-order valence-corrected chi connectivity index (χ0v) is 34.2. The van der Waals surface area contributed by atoms with E-state index in [1.807, 2.05) is 38.5 Å². The van der Waals surface area contributed by atoms with Crippen molar-refractivity contribution >= 4 is 40.3 Å². The molecule has 3 aromatic heterocycles. The molecule has 0 spiro atoms. The van der Waals surface area contributed by atoms with Crippen molar-refractivity contribution < 1.29 is 14.4 Å². The lowest BCUT2D eigenvalue weighted by molar-refractivity contribution is 0.103. The summed E-state index contributed by atoms with van der Waals surface area (Å²) >= 11 is 5.71. The van der Waals surface area contributed by atoms with Crippen molar-refractivity contribution in [3.05, 3.63) is 112 Å². The molecule has 0 atom stereocenters. The van der Waals surface area contributed by atoms with E-state index in [1.54, 1.807) is 54.5 Å². The van der Waals surface area contributed by atoms with Crippen LogP contribution in [0.5, 0.6) is 0 Å². The number of carbonyl (C=O) groups is 3. The van der Waals surface area contributed by atoms with Gasteiger partial charge in [0.2, 0.25) is 17.3 Å². The maximum atomic E-state index is 12.2. The molecule has 3 saturated heterocycles. The van der Waals surface area contributed by atoms with Gasteiger partial charge in [-0.05, 0) is 74.9 Å². The first kappa shape index (κ1) is 44.2. The lowest BCUT2D eigenvalue weighted by Gasteiger charge is -2.18. The molecule has 6 heterocycles. The first-order chi connectivity index (χ1) is 27.9. The summed E-state index contributed by atoms with van der Waals surface area (Å²) in [6.45, 7) is 5.83. The Bertz CT molecular complexity index is 2140. The van der Waals surface area contributed by atoms with Crippen molar-refractivity contribution in [1.29, 1.82) is 15.8 Å². The number of hydrogen-bond acceptors (Lipinski definition) is 14. The van der Waals surface area contributed by atoms with E-state index < -0.39 is 0 Å². The number of hydrogen-bond donors (Lipinski definition) is 0. The summed E-state index contributed by atoms with van der Waals surface area (Å²) < 4.78 is 0. The Morgan fingerprint density at radius 1 is 0.569 bits per heavy atom. The summed E-state index contributed by atoms with van der Waals surface area (Å²) in [6, 6.07) is 16.1. The number of aromatic nitrogens is 3.